The minimum atomic E-state index is -0.535. The molecule has 4 heterocycles. The van der Waals surface area contributed by atoms with E-state index in [1.807, 2.05) is 6.07 Å². The minimum absolute atomic E-state index is 0.0847. The van der Waals surface area contributed by atoms with E-state index in [-0.39, 0.29) is 11.6 Å². The van der Waals surface area contributed by atoms with Gasteiger partial charge in [0.2, 0.25) is 0 Å². The van der Waals surface area contributed by atoms with Gasteiger partial charge in [-0.05, 0) is 31.5 Å². The van der Waals surface area contributed by atoms with Crippen LogP contribution in [0, 0.1) is 12.7 Å². The van der Waals surface area contributed by atoms with Crippen molar-refractivity contribution in [3.63, 3.8) is 0 Å². The number of benzene rings is 1. The molecule has 1 fully saturated rings. The molecule has 31 heavy (non-hydrogen) atoms. The van der Waals surface area contributed by atoms with E-state index in [0.717, 1.165) is 18.5 Å². The Morgan fingerprint density at radius 2 is 2.06 bits per heavy atom. The maximum absolute atomic E-state index is 14.4. The fourth-order valence-electron chi connectivity index (χ4n) is 4.21. The SMILES string of the molecule is Cc1cn2cc(NC(=O)c3ccc([C@H]4CCNC[C@H]4O)c4nccnc34)cc(F)c2n1. The predicted molar refractivity (Wildman–Crippen MR) is 114 cm³/mol. The molecule has 0 aliphatic carbocycles. The van der Waals surface area contributed by atoms with Crippen LogP contribution in [0.1, 0.15) is 34.0 Å². The van der Waals surface area contributed by atoms with Gasteiger partial charge >= 0.3 is 0 Å². The molecule has 0 bridgehead atoms. The molecule has 0 spiro atoms. The lowest BCUT2D eigenvalue weighted by atomic mass is 9.86. The summed E-state index contributed by atoms with van der Waals surface area (Å²) >= 11 is 0. The van der Waals surface area contributed by atoms with Crippen molar-refractivity contribution in [3.05, 3.63) is 65.6 Å². The Morgan fingerprint density at radius 3 is 2.87 bits per heavy atom. The van der Waals surface area contributed by atoms with Gasteiger partial charge in [-0.3, -0.25) is 14.8 Å². The Balaban J connectivity index is 1.52. The summed E-state index contributed by atoms with van der Waals surface area (Å²) in [6.45, 7) is 3.08. The van der Waals surface area contributed by atoms with Crippen LogP contribution in [0.15, 0.2) is 43.0 Å². The average Bonchev–Trinajstić information content (AvgIpc) is 3.14. The zero-order valence-corrected chi connectivity index (χ0v) is 16.8. The largest absolute Gasteiger partial charge is 0.391 e. The first-order valence-electron chi connectivity index (χ1n) is 10.1. The smallest absolute Gasteiger partial charge is 0.257 e. The van der Waals surface area contributed by atoms with E-state index in [4.69, 9.17) is 0 Å². The highest BCUT2D eigenvalue weighted by molar-refractivity contribution is 6.11. The lowest BCUT2D eigenvalue weighted by Gasteiger charge is -2.29. The summed E-state index contributed by atoms with van der Waals surface area (Å²) in [6.07, 6.45) is 6.64. The number of hydrogen-bond acceptors (Lipinski definition) is 6. The Kier molecular flexibility index (Phi) is 4.84. The fraction of sp³-hybridized carbons (Fsp3) is 0.273. The average molecular weight is 420 g/mol. The highest BCUT2D eigenvalue weighted by Gasteiger charge is 2.27. The third-order valence-electron chi connectivity index (χ3n) is 5.64. The van der Waals surface area contributed by atoms with Gasteiger partial charge in [0.25, 0.3) is 5.91 Å². The van der Waals surface area contributed by atoms with Crippen molar-refractivity contribution in [3.8, 4) is 0 Å². The molecule has 3 N–H and O–H groups in total. The number of rotatable bonds is 3. The maximum Gasteiger partial charge on any atom is 0.257 e. The van der Waals surface area contributed by atoms with E-state index in [2.05, 4.69) is 25.6 Å². The first-order valence-corrected chi connectivity index (χ1v) is 10.1. The van der Waals surface area contributed by atoms with Gasteiger partial charge in [-0.2, -0.15) is 0 Å². The molecule has 8 nitrogen and oxygen atoms in total. The lowest BCUT2D eigenvalue weighted by molar-refractivity contribution is 0.102. The number of carbonyl (C=O) groups excluding carboxylic acids is 1. The number of aliphatic hydroxyl groups is 1. The van der Waals surface area contributed by atoms with Gasteiger partial charge < -0.3 is 20.1 Å². The molecule has 1 saturated heterocycles. The number of hydrogen-bond donors (Lipinski definition) is 3. The molecule has 2 atom stereocenters. The van der Waals surface area contributed by atoms with Crippen LogP contribution in [0.2, 0.25) is 0 Å². The molecule has 158 valence electrons. The highest BCUT2D eigenvalue weighted by Crippen LogP contribution is 2.31. The predicted octanol–water partition coefficient (Wildman–Crippen LogP) is 2.42. The Morgan fingerprint density at radius 1 is 1.26 bits per heavy atom. The molecule has 1 aromatic carbocycles. The van der Waals surface area contributed by atoms with E-state index in [9.17, 15) is 14.3 Å². The summed E-state index contributed by atoms with van der Waals surface area (Å²) in [5.41, 5.74) is 3.43. The van der Waals surface area contributed by atoms with E-state index < -0.39 is 17.8 Å². The number of nitrogens with zero attached hydrogens (tertiary/aromatic N) is 4. The van der Waals surface area contributed by atoms with Crippen LogP contribution in [0.3, 0.4) is 0 Å². The first kappa shape index (κ1) is 19.5. The molecule has 0 radical (unpaired) electrons. The molecule has 0 saturated carbocycles. The number of imidazole rings is 1. The van der Waals surface area contributed by atoms with E-state index >= 15 is 0 Å². The van der Waals surface area contributed by atoms with E-state index in [1.165, 1.54) is 12.3 Å². The van der Waals surface area contributed by atoms with Gasteiger partial charge in [0.15, 0.2) is 11.5 Å². The molecule has 4 aromatic rings. The van der Waals surface area contributed by atoms with Gasteiger partial charge in [-0.25, -0.2) is 9.37 Å². The standard InChI is InChI=1S/C22H21FN6O2/c1-12-10-29-11-13(8-17(23)21(29)27-12)28-22(31)16-3-2-15(14-4-5-24-9-18(14)30)19-20(16)26-7-6-25-19/h2-3,6-8,10-11,14,18,24,30H,4-5,9H2,1H3,(H,28,31)/t14-,18-/m1/s1. The van der Waals surface area contributed by atoms with E-state index in [1.54, 1.807) is 36.0 Å². The third kappa shape index (κ3) is 3.51. The molecule has 1 aliphatic heterocycles. The van der Waals surface area contributed by atoms with Crippen LogP contribution >= 0.6 is 0 Å². The summed E-state index contributed by atoms with van der Waals surface area (Å²) in [7, 11) is 0. The molecule has 5 rings (SSSR count). The Labute approximate surface area is 177 Å². The lowest BCUT2D eigenvalue weighted by Crippen LogP contribution is -2.39. The van der Waals surface area contributed by atoms with E-state index in [0.29, 0.717) is 34.5 Å². The third-order valence-corrected chi connectivity index (χ3v) is 5.64. The summed E-state index contributed by atoms with van der Waals surface area (Å²) in [6, 6.07) is 4.76. The van der Waals surface area contributed by atoms with Crippen LogP contribution < -0.4 is 10.6 Å². The highest BCUT2D eigenvalue weighted by atomic mass is 19.1. The number of pyridine rings is 1. The number of anilines is 1. The molecule has 9 heteroatoms. The quantitative estimate of drug-likeness (QED) is 0.470. The van der Waals surface area contributed by atoms with Crippen LogP contribution in [0.5, 0.6) is 0 Å². The first-order chi connectivity index (χ1) is 15.0. The number of fused-ring (bicyclic) bond motifs is 2. The summed E-state index contributed by atoms with van der Waals surface area (Å²) in [5.74, 6) is -1.03. The van der Waals surface area contributed by atoms with Crippen molar-refractivity contribution in [2.45, 2.75) is 25.4 Å². The van der Waals surface area contributed by atoms with Gasteiger partial charge in [0, 0.05) is 43.3 Å². The monoisotopic (exact) mass is 420 g/mol. The van der Waals surface area contributed by atoms with Crippen LogP contribution in [-0.4, -0.2) is 49.6 Å². The fourth-order valence-corrected chi connectivity index (χ4v) is 4.21. The number of amides is 1. The number of halogens is 1. The summed E-state index contributed by atoms with van der Waals surface area (Å²) in [5, 5.41) is 16.4. The van der Waals surface area contributed by atoms with Crippen LogP contribution in [-0.2, 0) is 0 Å². The number of aromatic nitrogens is 4. The molecule has 1 aliphatic rings. The molecular weight excluding hydrogens is 399 g/mol. The minimum Gasteiger partial charge on any atom is -0.391 e. The van der Waals surface area contributed by atoms with Gasteiger partial charge in [-0.1, -0.05) is 6.07 Å². The van der Waals surface area contributed by atoms with Crippen molar-refractivity contribution in [1.82, 2.24) is 24.7 Å². The number of aryl methyl sites for hydroxylation is 1. The number of piperidine rings is 1. The summed E-state index contributed by atoms with van der Waals surface area (Å²) < 4.78 is 15.9. The second-order valence-electron chi connectivity index (χ2n) is 7.77. The zero-order valence-electron chi connectivity index (χ0n) is 16.8. The van der Waals surface area contributed by atoms with Gasteiger partial charge in [0.1, 0.15) is 5.52 Å². The maximum atomic E-state index is 14.4. The Hall–Kier alpha value is -3.43. The molecular formula is C22H21FN6O2. The van der Waals surface area contributed by atoms with Gasteiger partial charge in [-0.15, -0.1) is 0 Å². The number of β-amino-alcohol motifs (C(OH)–C–C–N with tert-alkyl or cyclic N) is 1. The second kappa shape index (κ2) is 7.68. The molecule has 3 aromatic heterocycles. The van der Waals surface area contributed by atoms with Crippen molar-refractivity contribution in [2.75, 3.05) is 18.4 Å². The van der Waals surface area contributed by atoms with Crippen molar-refractivity contribution < 1.29 is 14.3 Å². The topological polar surface area (TPSA) is 104 Å². The van der Waals surface area contributed by atoms with Crippen LogP contribution in [0.25, 0.3) is 16.7 Å². The number of nitrogens with one attached hydrogen (secondary N) is 2. The summed E-state index contributed by atoms with van der Waals surface area (Å²) in [4.78, 5) is 26.0. The van der Waals surface area contributed by atoms with Crippen molar-refractivity contribution in [2.24, 2.45) is 0 Å². The molecule has 0 unspecified atom stereocenters. The van der Waals surface area contributed by atoms with Crippen LogP contribution in [0.4, 0.5) is 10.1 Å². The Bertz CT molecular complexity index is 1300. The van der Waals surface area contributed by atoms with Crippen molar-refractivity contribution >= 4 is 28.3 Å². The van der Waals surface area contributed by atoms with Gasteiger partial charge in [0.05, 0.1) is 28.6 Å². The number of aliphatic hydroxyl groups excluding tert-OH is 1. The number of carbonyl (C=O) groups is 1. The molecule has 1 amide bonds. The normalized spacial score (nSPS) is 19.1. The second-order valence-corrected chi connectivity index (χ2v) is 7.77. The van der Waals surface area contributed by atoms with Crippen molar-refractivity contribution in [1.29, 1.82) is 0 Å². The zero-order chi connectivity index (χ0) is 21.5.